The van der Waals surface area contributed by atoms with Crippen LogP contribution in [0.15, 0.2) is 24.3 Å². The molecule has 0 saturated carbocycles. The zero-order chi connectivity index (χ0) is 12.6. The van der Waals surface area contributed by atoms with E-state index in [9.17, 15) is 4.79 Å². The summed E-state index contributed by atoms with van der Waals surface area (Å²) in [4.78, 5) is 12.2. The SMILES string of the molecule is Cc1cc(C(=O)c2cc(Cl)sc2Cl)ccc1Cl. The second kappa shape index (κ2) is 4.99. The lowest BCUT2D eigenvalue weighted by molar-refractivity contribution is 0.103. The average molecular weight is 306 g/mol. The highest BCUT2D eigenvalue weighted by Gasteiger charge is 2.16. The number of aryl methyl sites for hydroxylation is 1. The normalized spacial score (nSPS) is 10.6. The number of hydrogen-bond donors (Lipinski definition) is 0. The Kier molecular flexibility index (Phi) is 3.79. The van der Waals surface area contributed by atoms with Gasteiger partial charge < -0.3 is 0 Å². The summed E-state index contributed by atoms with van der Waals surface area (Å²) in [6, 6.07) is 6.71. The van der Waals surface area contributed by atoms with E-state index in [2.05, 4.69) is 0 Å². The maximum absolute atomic E-state index is 12.2. The van der Waals surface area contributed by atoms with E-state index in [0.29, 0.717) is 24.8 Å². The van der Waals surface area contributed by atoms with Crippen LogP contribution in [0.5, 0.6) is 0 Å². The van der Waals surface area contributed by atoms with Gasteiger partial charge in [-0.05, 0) is 36.8 Å². The van der Waals surface area contributed by atoms with E-state index in [1.165, 1.54) is 11.3 Å². The van der Waals surface area contributed by atoms with E-state index in [-0.39, 0.29) is 5.78 Å². The van der Waals surface area contributed by atoms with Gasteiger partial charge in [0.05, 0.1) is 9.90 Å². The predicted octanol–water partition coefficient (Wildman–Crippen LogP) is 5.25. The van der Waals surface area contributed by atoms with Gasteiger partial charge in [-0.2, -0.15) is 0 Å². The summed E-state index contributed by atoms with van der Waals surface area (Å²) in [5, 5.41) is 0.635. The fourth-order valence-corrected chi connectivity index (χ4v) is 3.01. The molecule has 17 heavy (non-hydrogen) atoms. The summed E-state index contributed by atoms with van der Waals surface area (Å²) in [7, 11) is 0. The third-order valence-corrected chi connectivity index (χ3v) is 4.23. The molecule has 0 atom stereocenters. The fraction of sp³-hybridized carbons (Fsp3) is 0.0833. The van der Waals surface area contributed by atoms with Gasteiger partial charge in [-0.3, -0.25) is 4.79 Å². The topological polar surface area (TPSA) is 17.1 Å². The Morgan fingerprint density at radius 1 is 1.18 bits per heavy atom. The number of carbonyl (C=O) groups excluding carboxylic acids is 1. The van der Waals surface area contributed by atoms with Crippen LogP contribution in [0.25, 0.3) is 0 Å². The van der Waals surface area contributed by atoms with Crippen molar-refractivity contribution in [3.63, 3.8) is 0 Å². The van der Waals surface area contributed by atoms with Gasteiger partial charge in [0.15, 0.2) is 5.78 Å². The highest BCUT2D eigenvalue weighted by molar-refractivity contribution is 7.20. The molecule has 0 radical (unpaired) electrons. The molecule has 0 N–H and O–H groups in total. The Bertz CT molecular complexity index is 589. The standard InChI is InChI=1S/C12H7Cl3OS/c1-6-4-7(2-3-9(6)13)11(16)8-5-10(14)17-12(8)15/h2-5H,1H3. The molecule has 0 saturated heterocycles. The summed E-state index contributed by atoms with van der Waals surface area (Å²) in [5.74, 6) is -0.141. The van der Waals surface area contributed by atoms with Crippen molar-refractivity contribution in [3.05, 3.63) is 54.7 Å². The van der Waals surface area contributed by atoms with Crippen LogP contribution < -0.4 is 0 Å². The largest absolute Gasteiger partial charge is 0.289 e. The predicted molar refractivity (Wildman–Crippen MR) is 74.0 cm³/mol. The van der Waals surface area contributed by atoms with Crippen molar-refractivity contribution in [1.29, 1.82) is 0 Å². The maximum Gasteiger partial charge on any atom is 0.195 e. The fourth-order valence-electron chi connectivity index (χ4n) is 1.44. The van der Waals surface area contributed by atoms with Gasteiger partial charge in [-0.15, -0.1) is 11.3 Å². The Morgan fingerprint density at radius 2 is 1.88 bits per heavy atom. The number of hydrogen-bond acceptors (Lipinski definition) is 2. The van der Waals surface area contributed by atoms with E-state index in [0.717, 1.165) is 5.56 Å². The number of benzene rings is 1. The highest BCUT2D eigenvalue weighted by atomic mass is 35.5. The lowest BCUT2D eigenvalue weighted by Crippen LogP contribution is -2.00. The monoisotopic (exact) mass is 304 g/mol. The Hall–Kier alpha value is -0.540. The quantitative estimate of drug-likeness (QED) is 0.693. The number of ketones is 1. The number of thiophene rings is 1. The zero-order valence-corrected chi connectivity index (χ0v) is 11.8. The van der Waals surface area contributed by atoms with Crippen LogP contribution in [0.4, 0.5) is 0 Å². The molecule has 0 bridgehead atoms. The highest BCUT2D eigenvalue weighted by Crippen LogP contribution is 2.33. The van der Waals surface area contributed by atoms with Gasteiger partial charge in [0.1, 0.15) is 4.34 Å². The maximum atomic E-state index is 12.2. The average Bonchev–Trinajstić information content (AvgIpc) is 2.61. The first-order chi connectivity index (χ1) is 7.99. The van der Waals surface area contributed by atoms with Crippen molar-refractivity contribution in [2.45, 2.75) is 6.92 Å². The van der Waals surface area contributed by atoms with Crippen molar-refractivity contribution in [1.82, 2.24) is 0 Å². The summed E-state index contributed by atoms with van der Waals surface area (Å²) < 4.78 is 0.914. The van der Waals surface area contributed by atoms with E-state index >= 15 is 0 Å². The van der Waals surface area contributed by atoms with Gasteiger partial charge in [0.25, 0.3) is 0 Å². The molecule has 2 aromatic rings. The molecule has 0 spiro atoms. The summed E-state index contributed by atoms with van der Waals surface area (Å²) >= 11 is 18.9. The van der Waals surface area contributed by atoms with Crippen molar-refractivity contribution >= 4 is 51.9 Å². The lowest BCUT2D eigenvalue weighted by atomic mass is 10.0. The second-order valence-electron chi connectivity index (χ2n) is 3.53. The van der Waals surface area contributed by atoms with E-state index in [1.54, 1.807) is 24.3 Å². The molecule has 88 valence electrons. The number of carbonyl (C=O) groups is 1. The Morgan fingerprint density at radius 3 is 2.41 bits per heavy atom. The van der Waals surface area contributed by atoms with E-state index in [1.807, 2.05) is 6.92 Å². The summed E-state index contributed by atoms with van der Waals surface area (Å²) in [6.07, 6.45) is 0. The van der Waals surface area contributed by atoms with Crippen LogP contribution in [0, 0.1) is 6.92 Å². The molecule has 0 aliphatic heterocycles. The summed E-state index contributed by atoms with van der Waals surface area (Å²) in [5.41, 5.74) is 1.85. The lowest BCUT2D eigenvalue weighted by Gasteiger charge is -2.02. The molecule has 1 heterocycles. The van der Waals surface area contributed by atoms with Gasteiger partial charge in [-0.1, -0.05) is 34.8 Å². The van der Waals surface area contributed by atoms with Gasteiger partial charge in [0, 0.05) is 10.6 Å². The Balaban J connectivity index is 2.44. The third kappa shape index (κ3) is 2.66. The molecule has 5 heteroatoms. The molecule has 0 aliphatic rings. The second-order valence-corrected chi connectivity index (χ2v) is 6.22. The number of rotatable bonds is 2. The smallest absolute Gasteiger partial charge is 0.195 e. The first-order valence-electron chi connectivity index (χ1n) is 4.74. The molecule has 1 aromatic carbocycles. The van der Waals surface area contributed by atoms with Crippen LogP contribution in [0.2, 0.25) is 13.7 Å². The third-order valence-electron chi connectivity index (χ3n) is 2.32. The first-order valence-corrected chi connectivity index (χ1v) is 6.70. The minimum atomic E-state index is -0.141. The van der Waals surface area contributed by atoms with Crippen LogP contribution in [0.3, 0.4) is 0 Å². The molecular formula is C12H7Cl3OS. The van der Waals surface area contributed by atoms with Gasteiger partial charge in [0.2, 0.25) is 0 Å². The van der Waals surface area contributed by atoms with Crippen LogP contribution in [-0.2, 0) is 0 Å². The van der Waals surface area contributed by atoms with Crippen LogP contribution in [0.1, 0.15) is 21.5 Å². The van der Waals surface area contributed by atoms with E-state index in [4.69, 9.17) is 34.8 Å². The van der Waals surface area contributed by atoms with Crippen molar-refractivity contribution in [3.8, 4) is 0 Å². The molecule has 1 nitrogen and oxygen atoms in total. The van der Waals surface area contributed by atoms with Gasteiger partial charge in [-0.25, -0.2) is 0 Å². The van der Waals surface area contributed by atoms with Crippen molar-refractivity contribution in [2.75, 3.05) is 0 Å². The van der Waals surface area contributed by atoms with Crippen molar-refractivity contribution in [2.24, 2.45) is 0 Å². The van der Waals surface area contributed by atoms with Crippen molar-refractivity contribution < 1.29 is 4.79 Å². The number of halogens is 3. The molecular weight excluding hydrogens is 299 g/mol. The Labute approximate surface area is 118 Å². The molecule has 2 rings (SSSR count). The molecule has 0 amide bonds. The molecule has 0 aliphatic carbocycles. The summed E-state index contributed by atoms with van der Waals surface area (Å²) in [6.45, 7) is 1.85. The minimum absolute atomic E-state index is 0.141. The molecule has 0 unspecified atom stereocenters. The first kappa shape index (κ1) is 12.9. The minimum Gasteiger partial charge on any atom is -0.289 e. The van der Waals surface area contributed by atoms with Gasteiger partial charge >= 0.3 is 0 Å². The molecule has 0 fully saturated rings. The van der Waals surface area contributed by atoms with E-state index < -0.39 is 0 Å². The van der Waals surface area contributed by atoms with Crippen LogP contribution in [-0.4, -0.2) is 5.78 Å². The molecule has 1 aromatic heterocycles. The van der Waals surface area contributed by atoms with Crippen LogP contribution >= 0.6 is 46.1 Å². The zero-order valence-electron chi connectivity index (χ0n) is 8.76.